The Labute approximate surface area is 167 Å². The van der Waals surface area contributed by atoms with Gasteiger partial charge in [-0.25, -0.2) is 4.98 Å². The lowest BCUT2D eigenvalue weighted by molar-refractivity contribution is 0.394. The van der Waals surface area contributed by atoms with Crippen molar-refractivity contribution in [2.75, 3.05) is 14.2 Å². The van der Waals surface area contributed by atoms with Crippen molar-refractivity contribution < 1.29 is 9.47 Å². The van der Waals surface area contributed by atoms with Gasteiger partial charge in [-0.15, -0.1) is 0 Å². The zero-order chi connectivity index (χ0) is 21.2. The zero-order valence-electron chi connectivity index (χ0n) is 17.0. The Bertz CT molecular complexity index is 1240. The van der Waals surface area contributed by atoms with Crippen LogP contribution in [0.1, 0.15) is 37.7 Å². The molecule has 0 saturated heterocycles. The molecule has 0 fully saturated rings. The van der Waals surface area contributed by atoms with Crippen molar-refractivity contribution in [3.8, 4) is 11.5 Å². The second-order valence-corrected chi connectivity index (χ2v) is 7.58. The fourth-order valence-electron chi connectivity index (χ4n) is 2.93. The smallest absolute Gasteiger partial charge is 0.272 e. The van der Waals surface area contributed by atoms with Crippen LogP contribution in [0.2, 0.25) is 0 Å². The van der Waals surface area contributed by atoms with E-state index in [2.05, 4.69) is 19.9 Å². The van der Waals surface area contributed by atoms with E-state index in [1.54, 1.807) is 50.9 Å². The molecule has 0 aliphatic heterocycles. The molecule has 0 aliphatic carbocycles. The van der Waals surface area contributed by atoms with Gasteiger partial charge in [-0.1, -0.05) is 20.8 Å². The molecule has 152 valence electrons. The number of hydrogen-bond donors (Lipinski definition) is 3. The van der Waals surface area contributed by atoms with Crippen molar-refractivity contribution in [2.24, 2.45) is 0 Å². The molecule has 0 radical (unpaired) electrons. The first-order chi connectivity index (χ1) is 13.7. The summed E-state index contributed by atoms with van der Waals surface area (Å²) < 4.78 is 10.5. The van der Waals surface area contributed by atoms with Crippen LogP contribution < -0.4 is 31.3 Å². The summed E-state index contributed by atoms with van der Waals surface area (Å²) in [5.74, 6) is 1.15. The average molecular weight is 396 g/mol. The first kappa shape index (κ1) is 20.2. The van der Waals surface area contributed by atoms with E-state index < -0.39 is 11.1 Å². The predicted molar refractivity (Wildman–Crippen MR) is 111 cm³/mol. The van der Waals surface area contributed by atoms with E-state index in [9.17, 15) is 9.59 Å². The van der Waals surface area contributed by atoms with Crippen LogP contribution in [0.5, 0.6) is 11.5 Å². The molecule has 2 aromatic heterocycles. The Balaban J connectivity index is 2.13. The van der Waals surface area contributed by atoms with E-state index in [1.807, 2.05) is 20.8 Å². The summed E-state index contributed by atoms with van der Waals surface area (Å²) in [7, 11) is 3.08. The highest BCUT2D eigenvalue weighted by molar-refractivity contribution is 5.54. The molecule has 8 heteroatoms. The first-order valence-corrected chi connectivity index (χ1v) is 9.04. The van der Waals surface area contributed by atoms with Crippen molar-refractivity contribution in [3.63, 3.8) is 0 Å². The van der Waals surface area contributed by atoms with Crippen molar-refractivity contribution in [2.45, 2.75) is 26.2 Å². The number of rotatable bonds is 4. The Hall–Kier alpha value is -3.55. The van der Waals surface area contributed by atoms with E-state index >= 15 is 0 Å². The molecule has 0 saturated carbocycles. The summed E-state index contributed by atoms with van der Waals surface area (Å²) in [5.41, 5.74) is 1.10. The minimum absolute atomic E-state index is 0.125. The SMILES string of the molecule is COc1cc(/C=c2\[nH]c(=O)/c(=C/c3nc[nH]c3C(C)(C)C)[nH]c2=O)cc(OC)c1. The topological polar surface area (TPSA) is 113 Å². The van der Waals surface area contributed by atoms with E-state index in [4.69, 9.17) is 9.47 Å². The van der Waals surface area contributed by atoms with Gasteiger partial charge in [0.1, 0.15) is 22.2 Å². The lowest BCUT2D eigenvalue weighted by atomic mass is 9.90. The van der Waals surface area contributed by atoms with Crippen LogP contribution in [0.25, 0.3) is 12.2 Å². The summed E-state index contributed by atoms with van der Waals surface area (Å²) in [4.78, 5) is 37.7. The Morgan fingerprint density at radius 1 is 0.897 bits per heavy atom. The van der Waals surface area contributed by atoms with Gasteiger partial charge in [-0.3, -0.25) is 9.59 Å². The third-order valence-electron chi connectivity index (χ3n) is 4.37. The van der Waals surface area contributed by atoms with Crippen LogP contribution in [-0.2, 0) is 5.41 Å². The van der Waals surface area contributed by atoms with E-state index in [0.717, 1.165) is 5.69 Å². The third kappa shape index (κ3) is 4.48. The Morgan fingerprint density at radius 2 is 1.45 bits per heavy atom. The third-order valence-corrected chi connectivity index (χ3v) is 4.37. The molecule has 0 aliphatic rings. The molecule has 3 aromatic rings. The largest absolute Gasteiger partial charge is 0.497 e. The Kier molecular flexibility index (Phi) is 5.45. The van der Waals surface area contributed by atoms with Crippen LogP contribution in [0.3, 0.4) is 0 Å². The molecule has 3 rings (SSSR count). The number of imidazole rings is 1. The normalized spacial score (nSPS) is 13.0. The second kappa shape index (κ2) is 7.83. The summed E-state index contributed by atoms with van der Waals surface area (Å²) in [6.45, 7) is 6.10. The summed E-state index contributed by atoms with van der Waals surface area (Å²) in [5, 5.41) is 0.258. The number of methoxy groups -OCH3 is 2. The fraction of sp³-hybridized carbons (Fsp3) is 0.286. The van der Waals surface area contributed by atoms with Crippen LogP contribution in [0, 0.1) is 0 Å². The maximum atomic E-state index is 12.6. The molecule has 0 amide bonds. The van der Waals surface area contributed by atoms with Crippen LogP contribution in [0.4, 0.5) is 0 Å². The number of hydrogen-bond acceptors (Lipinski definition) is 5. The number of aromatic nitrogens is 4. The monoisotopic (exact) mass is 396 g/mol. The molecule has 0 unspecified atom stereocenters. The number of benzene rings is 1. The van der Waals surface area contributed by atoms with Crippen molar-refractivity contribution in [1.29, 1.82) is 0 Å². The fourth-order valence-corrected chi connectivity index (χ4v) is 2.93. The number of H-pyrrole nitrogens is 3. The average Bonchev–Trinajstić information content (AvgIpc) is 3.14. The minimum Gasteiger partial charge on any atom is -0.497 e. The predicted octanol–water partition coefficient (Wildman–Crippen LogP) is 0.759. The minimum atomic E-state index is -0.425. The maximum Gasteiger partial charge on any atom is 0.272 e. The summed E-state index contributed by atoms with van der Waals surface area (Å²) in [6.07, 6.45) is 4.69. The molecule has 3 N–H and O–H groups in total. The van der Waals surface area contributed by atoms with Gasteiger partial charge in [0, 0.05) is 17.2 Å². The number of aromatic amines is 3. The van der Waals surface area contributed by atoms with Gasteiger partial charge in [0.25, 0.3) is 11.1 Å². The van der Waals surface area contributed by atoms with Crippen LogP contribution in [0.15, 0.2) is 34.1 Å². The first-order valence-electron chi connectivity index (χ1n) is 9.04. The standard InChI is InChI=1S/C21H24N4O4/c1-21(2,3)18-15(22-11-23-18)10-17-20(27)24-16(19(26)25-17)8-12-6-13(28-4)9-14(7-12)29-5/h6-11H,1-5H3,(H,22,23)(H,24,27)(H,25,26)/b16-8-,17-10-. The van der Waals surface area contributed by atoms with Gasteiger partial charge in [0.15, 0.2) is 0 Å². The van der Waals surface area contributed by atoms with Crippen molar-refractivity contribution in [1.82, 2.24) is 19.9 Å². The summed E-state index contributed by atoms with van der Waals surface area (Å²) in [6, 6.07) is 5.19. The molecular weight excluding hydrogens is 372 g/mol. The molecule has 1 aromatic carbocycles. The highest BCUT2D eigenvalue weighted by Crippen LogP contribution is 2.23. The molecule has 8 nitrogen and oxygen atoms in total. The number of nitrogens with one attached hydrogen (secondary N) is 3. The van der Waals surface area contributed by atoms with Crippen LogP contribution in [-0.4, -0.2) is 34.2 Å². The lowest BCUT2D eigenvalue weighted by Crippen LogP contribution is -2.46. The maximum absolute atomic E-state index is 12.6. The van der Waals surface area contributed by atoms with Crippen molar-refractivity contribution in [3.05, 3.63) is 72.9 Å². The van der Waals surface area contributed by atoms with E-state index in [1.165, 1.54) is 0 Å². The molecule has 29 heavy (non-hydrogen) atoms. The molecule has 2 heterocycles. The highest BCUT2D eigenvalue weighted by atomic mass is 16.5. The lowest BCUT2D eigenvalue weighted by Gasteiger charge is -2.16. The van der Waals surface area contributed by atoms with Crippen molar-refractivity contribution >= 4 is 12.2 Å². The number of nitrogens with zero attached hydrogens (tertiary/aromatic N) is 1. The highest BCUT2D eigenvalue weighted by Gasteiger charge is 2.19. The number of ether oxygens (including phenoxy) is 2. The molecule has 0 bridgehead atoms. The quantitative estimate of drug-likeness (QED) is 0.603. The summed E-state index contributed by atoms with van der Waals surface area (Å²) >= 11 is 0. The second-order valence-electron chi connectivity index (χ2n) is 7.58. The zero-order valence-corrected chi connectivity index (χ0v) is 17.0. The van der Waals surface area contributed by atoms with E-state index in [-0.39, 0.29) is 16.1 Å². The van der Waals surface area contributed by atoms with Gasteiger partial charge in [-0.05, 0) is 29.8 Å². The Morgan fingerprint density at radius 3 is 1.97 bits per heavy atom. The van der Waals surface area contributed by atoms with Gasteiger partial charge < -0.3 is 24.4 Å². The van der Waals surface area contributed by atoms with Crippen LogP contribution >= 0.6 is 0 Å². The van der Waals surface area contributed by atoms with Gasteiger partial charge in [0.2, 0.25) is 0 Å². The van der Waals surface area contributed by atoms with Gasteiger partial charge in [-0.2, -0.15) is 0 Å². The van der Waals surface area contributed by atoms with E-state index in [0.29, 0.717) is 22.8 Å². The van der Waals surface area contributed by atoms with Gasteiger partial charge in [0.05, 0.1) is 26.2 Å². The molecule has 0 atom stereocenters. The van der Waals surface area contributed by atoms with Gasteiger partial charge >= 0.3 is 0 Å². The molecular formula is C21H24N4O4. The molecule has 0 spiro atoms.